The summed E-state index contributed by atoms with van der Waals surface area (Å²) in [6, 6.07) is 3.57. The molecule has 0 radical (unpaired) electrons. The molecule has 0 N–H and O–H groups in total. The second-order valence-electron chi connectivity index (χ2n) is 7.31. The van der Waals surface area contributed by atoms with E-state index in [1.807, 2.05) is 19.9 Å². The number of ketones is 1. The van der Waals surface area contributed by atoms with Gasteiger partial charge in [-0.15, -0.1) is 0 Å². The highest BCUT2D eigenvalue weighted by molar-refractivity contribution is 5.92. The van der Waals surface area contributed by atoms with E-state index in [-0.39, 0.29) is 30.3 Å². The number of esters is 1. The summed E-state index contributed by atoms with van der Waals surface area (Å²) in [5.41, 5.74) is 0.581. The summed E-state index contributed by atoms with van der Waals surface area (Å²) >= 11 is 0. The van der Waals surface area contributed by atoms with Crippen molar-refractivity contribution in [1.82, 2.24) is 4.98 Å². The summed E-state index contributed by atoms with van der Waals surface area (Å²) in [5.74, 6) is -0.702. The zero-order valence-electron chi connectivity index (χ0n) is 15.0. The maximum Gasteiger partial charge on any atom is 0.357 e. The first-order valence-electron chi connectivity index (χ1n) is 8.23. The molecular formula is C18H26N2O4. The van der Waals surface area contributed by atoms with E-state index >= 15 is 0 Å². The summed E-state index contributed by atoms with van der Waals surface area (Å²) in [7, 11) is 0. The minimum Gasteiger partial charge on any atom is -0.453 e. The number of hydrogen-bond acceptors (Lipinski definition) is 6. The fraction of sp³-hybridized carbons (Fsp3) is 0.611. The predicted octanol–water partition coefficient (Wildman–Crippen LogP) is 2.47. The topological polar surface area (TPSA) is 68.7 Å². The highest BCUT2D eigenvalue weighted by atomic mass is 16.5. The maximum absolute atomic E-state index is 12.2. The molecule has 1 aliphatic heterocycles. The first kappa shape index (κ1) is 18.4. The second-order valence-corrected chi connectivity index (χ2v) is 7.31. The molecule has 2 heterocycles. The average Bonchev–Trinajstić information content (AvgIpc) is 2.50. The van der Waals surface area contributed by atoms with E-state index in [1.54, 1.807) is 33.0 Å². The molecule has 1 aromatic heterocycles. The quantitative estimate of drug-likeness (QED) is 0.788. The molecule has 6 heteroatoms. The molecule has 0 bridgehead atoms. The molecule has 1 saturated heterocycles. The Kier molecular flexibility index (Phi) is 5.59. The molecular weight excluding hydrogens is 308 g/mol. The van der Waals surface area contributed by atoms with Gasteiger partial charge >= 0.3 is 5.97 Å². The number of anilines is 1. The van der Waals surface area contributed by atoms with E-state index in [4.69, 9.17) is 9.47 Å². The molecule has 0 amide bonds. The van der Waals surface area contributed by atoms with Gasteiger partial charge in [-0.1, -0.05) is 20.8 Å². The Hall–Kier alpha value is -1.95. The lowest BCUT2D eigenvalue weighted by Gasteiger charge is -2.36. The number of hydrogen-bond donors (Lipinski definition) is 0. The summed E-state index contributed by atoms with van der Waals surface area (Å²) in [4.78, 5) is 30.3. The number of morpholine rings is 1. The Morgan fingerprint density at radius 1 is 1.29 bits per heavy atom. The van der Waals surface area contributed by atoms with Crippen LogP contribution in [0.1, 0.15) is 45.1 Å². The van der Waals surface area contributed by atoms with Crippen LogP contribution in [0.4, 0.5) is 5.69 Å². The molecule has 0 spiro atoms. The van der Waals surface area contributed by atoms with Gasteiger partial charge in [0.05, 0.1) is 12.2 Å². The van der Waals surface area contributed by atoms with Crippen molar-refractivity contribution in [3.8, 4) is 0 Å². The molecule has 2 rings (SSSR count). The lowest BCUT2D eigenvalue weighted by Crippen LogP contribution is -2.45. The number of aromatic nitrogens is 1. The highest BCUT2D eigenvalue weighted by Crippen LogP contribution is 2.21. The average molecular weight is 334 g/mol. The second kappa shape index (κ2) is 7.30. The molecule has 1 fully saturated rings. The lowest BCUT2D eigenvalue weighted by atomic mass is 9.91. The van der Waals surface area contributed by atoms with E-state index < -0.39 is 11.4 Å². The van der Waals surface area contributed by atoms with Crippen LogP contribution in [0.15, 0.2) is 18.3 Å². The fourth-order valence-electron chi connectivity index (χ4n) is 2.54. The normalized spacial score (nSPS) is 21.5. The summed E-state index contributed by atoms with van der Waals surface area (Å²) < 4.78 is 10.8. The smallest absolute Gasteiger partial charge is 0.357 e. The van der Waals surface area contributed by atoms with Crippen LogP contribution in [0.5, 0.6) is 0 Å². The molecule has 2 atom stereocenters. The van der Waals surface area contributed by atoms with Gasteiger partial charge in [0.25, 0.3) is 0 Å². The molecule has 2 unspecified atom stereocenters. The van der Waals surface area contributed by atoms with Crippen LogP contribution in [-0.2, 0) is 14.3 Å². The fourth-order valence-corrected chi connectivity index (χ4v) is 2.54. The lowest BCUT2D eigenvalue weighted by molar-refractivity contribution is -0.129. The van der Waals surface area contributed by atoms with E-state index in [9.17, 15) is 9.59 Å². The number of pyridine rings is 1. The van der Waals surface area contributed by atoms with Crippen LogP contribution in [0.3, 0.4) is 0 Å². The molecule has 132 valence electrons. The van der Waals surface area contributed by atoms with E-state index in [0.29, 0.717) is 0 Å². The number of rotatable bonds is 4. The third-order valence-corrected chi connectivity index (χ3v) is 3.91. The summed E-state index contributed by atoms with van der Waals surface area (Å²) in [6.45, 7) is 10.7. The molecule has 1 aromatic rings. The maximum atomic E-state index is 12.2. The van der Waals surface area contributed by atoms with Crippen molar-refractivity contribution in [2.75, 3.05) is 24.6 Å². The van der Waals surface area contributed by atoms with Crippen LogP contribution >= 0.6 is 0 Å². The standard InChI is InChI=1S/C18H26N2O4/c1-12-9-20(10-13(2)24-12)14-6-7-19-15(8-14)17(22)23-11-16(21)18(3,4)5/h6-8,12-13H,9-11H2,1-5H3. The minimum atomic E-state index is -0.580. The third kappa shape index (κ3) is 4.77. The number of ether oxygens (including phenoxy) is 2. The van der Waals surface area contributed by atoms with Crippen LogP contribution in [0.2, 0.25) is 0 Å². The largest absolute Gasteiger partial charge is 0.453 e. The van der Waals surface area contributed by atoms with Crippen molar-refractivity contribution >= 4 is 17.4 Å². The van der Waals surface area contributed by atoms with Gasteiger partial charge in [-0.3, -0.25) is 4.79 Å². The molecule has 0 aliphatic carbocycles. The van der Waals surface area contributed by atoms with Gasteiger partial charge in [-0.05, 0) is 26.0 Å². The van der Waals surface area contributed by atoms with Crippen molar-refractivity contribution in [2.24, 2.45) is 5.41 Å². The molecule has 1 aliphatic rings. The van der Waals surface area contributed by atoms with Gasteiger partial charge < -0.3 is 14.4 Å². The van der Waals surface area contributed by atoms with Crippen molar-refractivity contribution in [3.63, 3.8) is 0 Å². The third-order valence-electron chi connectivity index (χ3n) is 3.91. The Morgan fingerprint density at radius 3 is 2.50 bits per heavy atom. The Balaban J connectivity index is 2.04. The molecule has 0 aromatic carbocycles. The molecule has 0 saturated carbocycles. The minimum absolute atomic E-state index is 0.122. The summed E-state index contributed by atoms with van der Waals surface area (Å²) in [6.07, 6.45) is 1.84. The van der Waals surface area contributed by atoms with E-state index in [1.165, 1.54) is 0 Å². The zero-order chi connectivity index (χ0) is 17.9. The van der Waals surface area contributed by atoms with Gasteiger partial charge in [-0.25, -0.2) is 9.78 Å². The van der Waals surface area contributed by atoms with Crippen molar-refractivity contribution < 1.29 is 19.1 Å². The SMILES string of the molecule is CC1CN(c2ccnc(C(=O)OCC(=O)C(C)(C)C)c2)CC(C)O1. The van der Waals surface area contributed by atoms with Crippen LogP contribution in [-0.4, -0.2) is 48.6 Å². The first-order chi connectivity index (χ1) is 11.2. The van der Waals surface area contributed by atoms with Gasteiger partial charge in [0.15, 0.2) is 12.4 Å². The predicted molar refractivity (Wildman–Crippen MR) is 91.2 cm³/mol. The Bertz CT molecular complexity index is 599. The van der Waals surface area contributed by atoms with Gasteiger partial charge in [0.1, 0.15) is 5.69 Å². The van der Waals surface area contributed by atoms with Gasteiger partial charge in [0.2, 0.25) is 0 Å². The van der Waals surface area contributed by atoms with Crippen LogP contribution in [0.25, 0.3) is 0 Å². The number of carbonyl (C=O) groups is 2. The first-order valence-corrected chi connectivity index (χ1v) is 8.23. The van der Waals surface area contributed by atoms with Crippen molar-refractivity contribution in [2.45, 2.75) is 46.8 Å². The van der Waals surface area contributed by atoms with Gasteiger partial charge in [0, 0.05) is 30.4 Å². The molecule has 24 heavy (non-hydrogen) atoms. The Labute approximate surface area is 143 Å². The highest BCUT2D eigenvalue weighted by Gasteiger charge is 2.25. The number of carbonyl (C=O) groups excluding carboxylic acids is 2. The number of nitrogens with zero attached hydrogens (tertiary/aromatic N) is 2. The van der Waals surface area contributed by atoms with Crippen molar-refractivity contribution in [1.29, 1.82) is 0 Å². The zero-order valence-corrected chi connectivity index (χ0v) is 15.0. The van der Waals surface area contributed by atoms with E-state index in [2.05, 4.69) is 9.88 Å². The van der Waals surface area contributed by atoms with Crippen LogP contribution < -0.4 is 4.90 Å². The van der Waals surface area contributed by atoms with Gasteiger partial charge in [-0.2, -0.15) is 0 Å². The van der Waals surface area contributed by atoms with Crippen LogP contribution in [0, 0.1) is 5.41 Å². The summed E-state index contributed by atoms with van der Waals surface area (Å²) in [5, 5.41) is 0. The number of Topliss-reactive ketones (excluding diaryl/α,β-unsaturated/α-hetero) is 1. The Morgan fingerprint density at radius 2 is 1.92 bits per heavy atom. The van der Waals surface area contributed by atoms with Crippen molar-refractivity contribution in [3.05, 3.63) is 24.0 Å². The molecule has 6 nitrogen and oxygen atoms in total. The van der Waals surface area contributed by atoms with E-state index in [0.717, 1.165) is 18.8 Å². The monoisotopic (exact) mass is 334 g/mol.